The van der Waals surface area contributed by atoms with Crippen LogP contribution in [0.2, 0.25) is 0 Å². The molecule has 0 aromatic heterocycles. The molecule has 0 spiro atoms. The molecule has 1 aliphatic carbocycles. The third kappa shape index (κ3) is 2.10. The van der Waals surface area contributed by atoms with Gasteiger partial charge in [0.05, 0.1) is 18.8 Å². The summed E-state index contributed by atoms with van der Waals surface area (Å²) in [6.45, 7) is 0. The van der Waals surface area contributed by atoms with Crippen LogP contribution in [0.4, 0.5) is 5.69 Å². The van der Waals surface area contributed by atoms with Gasteiger partial charge >= 0.3 is 5.97 Å². The summed E-state index contributed by atoms with van der Waals surface area (Å²) in [5, 5.41) is 0. The molecule has 0 amide bonds. The van der Waals surface area contributed by atoms with Gasteiger partial charge in [0, 0.05) is 5.69 Å². The number of methoxy groups -OCH3 is 1. The highest BCUT2D eigenvalue weighted by Crippen LogP contribution is 2.27. The van der Waals surface area contributed by atoms with Crippen LogP contribution in [-0.4, -0.2) is 19.2 Å². The lowest BCUT2D eigenvalue weighted by atomic mass is 9.96. The molecule has 0 bridgehead atoms. The Bertz CT molecular complexity index is 399. The third-order valence-electron chi connectivity index (χ3n) is 2.79. The summed E-state index contributed by atoms with van der Waals surface area (Å²) in [4.78, 5) is 11.4. The summed E-state index contributed by atoms with van der Waals surface area (Å²) in [6.07, 6.45) is 3.66. The average molecular weight is 221 g/mol. The molecule has 0 saturated heterocycles. The average Bonchev–Trinajstić information content (AvgIpc) is 2.24. The lowest BCUT2D eigenvalue weighted by Gasteiger charge is -2.26. The minimum atomic E-state index is -0.434. The predicted molar refractivity (Wildman–Crippen MR) is 60.5 cm³/mol. The molecule has 0 aliphatic heterocycles. The molecule has 1 saturated carbocycles. The van der Waals surface area contributed by atoms with Crippen molar-refractivity contribution in [3.05, 3.63) is 23.8 Å². The maximum atomic E-state index is 11.4. The molecule has 0 unspecified atom stereocenters. The number of rotatable bonds is 3. The zero-order valence-corrected chi connectivity index (χ0v) is 9.23. The summed E-state index contributed by atoms with van der Waals surface area (Å²) in [7, 11) is 1.33. The van der Waals surface area contributed by atoms with Crippen molar-refractivity contribution >= 4 is 11.7 Å². The number of nitrogen functional groups attached to an aromatic ring is 1. The second-order valence-electron chi connectivity index (χ2n) is 3.91. The maximum absolute atomic E-state index is 11.4. The molecule has 2 rings (SSSR count). The van der Waals surface area contributed by atoms with Crippen LogP contribution in [0.15, 0.2) is 18.2 Å². The number of hydrogen-bond donors (Lipinski definition) is 1. The third-order valence-corrected chi connectivity index (χ3v) is 2.79. The van der Waals surface area contributed by atoms with Gasteiger partial charge in [0.15, 0.2) is 0 Å². The van der Waals surface area contributed by atoms with Crippen molar-refractivity contribution < 1.29 is 14.3 Å². The zero-order valence-electron chi connectivity index (χ0n) is 9.23. The smallest absolute Gasteiger partial charge is 0.340 e. The van der Waals surface area contributed by atoms with E-state index in [-0.39, 0.29) is 6.10 Å². The molecule has 0 atom stereocenters. The van der Waals surface area contributed by atoms with Gasteiger partial charge in [-0.15, -0.1) is 0 Å². The Morgan fingerprint density at radius 1 is 1.44 bits per heavy atom. The Balaban J connectivity index is 2.17. The monoisotopic (exact) mass is 221 g/mol. The minimum Gasteiger partial charge on any atom is -0.490 e. The first-order valence-corrected chi connectivity index (χ1v) is 5.35. The number of anilines is 1. The van der Waals surface area contributed by atoms with Crippen LogP contribution in [0, 0.1) is 0 Å². The van der Waals surface area contributed by atoms with Crippen molar-refractivity contribution in [2.45, 2.75) is 25.4 Å². The second-order valence-corrected chi connectivity index (χ2v) is 3.91. The van der Waals surface area contributed by atoms with Gasteiger partial charge in [0.2, 0.25) is 0 Å². The van der Waals surface area contributed by atoms with E-state index in [1.807, 2.05) is 0 Å². The first kappa shape index (κ1) is 10.8. The summed E-state index contributed by atoms with van der Waals surface area (Å²) in [6, 6.07) is 5.08. The van der Waals surface area contributed by atoms with E-state index < -0.39 is 5.97 Å². The van der Waals surface area contributed by atoms with Gasteiger partial charge in [-0.1, -0.05) is 0 Å². The maximum Gasteiger partial charge on any atom is 0.340 e. The quantitative estimate of drug-likeness (QED) is 0.626. The van der Waals surface area contributed by atoms with Gasteiger partial charge < -0.3 is 15.2 Å². The lowest BCUT2D eigenvalue weighted by molar-refractivity contribution is 0.0600. The van der Waals surface area contributed by atoms with Gasteiger partial charge in [-0.2, -0.15) is 0 Å². The fraction of sp³-hybridized carbons (Fsp3) is 0.417. The van der Waals surface area contributed by atoms with Crippen LogP contribution in [0.5, 0.6) is 5.75 Å². The van der Waals surface area contributed by atoms with Crippen LogP contribution in [0.3, 0.4) is 0 Å². The Labute approximate surface area is 94.3 Å². The molecular weight excluding hydrogens is 206 g/mol. The molecular formula is C12H15NO3. The molecule has 2 N–H and O–H groups in total. The summed E-state index contributed by atoms with van der Waals surface area (Å²) < 4.78 is 10.3. The number of benzene rings is 1. The van der Waals surface area contributed by atoms with Crippen LogP contribution in [-0.2, 0) is 4.74 Å². The summed E-state index contributed by atoms with van der Waals surface area (Å²) in [5.41, 5.74) is 6.46. The Hall–Kier alpha value is -1.71. The Morgan fingerprint density at radius 3 is 2.75 bits per heavy atom. The molecule has 0 radical (unpaired) electrons. The van der Waals surface area contributed by atoms with E-state index in [2.05, 4.69) is 4.74 Å². The SMILES string of the molecule is COC(=O)c1cc(OC2CCC2)ccc1N. The number of esters is 1. The number of nitrogens with two attached hydrogens (primary N) is 1. The predicted octanol–water partition coefficient (Wildman–Crippen LogP) is 1.99. The fourth-order valence-electron chi connectivity index (χ4n) is 1.58. The van der Waals surface area contributed by atoms with Crippen LogP contribution >= 0.6 is 0 Å². The van der Waals surface area contributed by atoms with E-state index in [0.717, 1.165) is 12.8 Å². The molecule has 16 heavy (non-hydrogen) atoms. The van der Waals surface area contributed by atoms with Crippen molar-refractivity contribution in [1.29, 1.82) is 0 Å². The van der Waals surface area contributed by atoms with Crippen LogP contribution < -0.4 is 10.5 Å². The molecule has 4 nitrogen and oxygen atoms in total. The van der Waals surface area contributed by atoms with E-state index >= 15 is 0 Å². The lowest BCUT2D eigenvalue weighted by Crippen LogP contribution is -2.24. The zero-order chi connectivity index (χ0) is 11.5. The van der Waals surface area contributed by atoms with E-state index in [1.54, 1.807) is 18.2 Å². The largest absolute Gasteiger partial charge is 0.490 e. The van der Waals surface area contributed by atoms with Crippen molar-refractivity contribution in [3.8, 4) is 5.75 Å². The van der Waals surface area contributed by atoms with Crippen molar-refractivity contribution in [2.75, 3.05) is 12.8 Å². The topological polar surface area (TPSA) is 61.5 Å². The summed E-state index contributed by atoms with van der Waals surface area (Å²) in [5.74, 6) is 0.246. The molecule has 1 aromatic carbocycles. The molecule has 4 heteroatoms. The second kappa shape index (κ2) is 4.43. The van der Waals surface area contributed by atoms with Gasteiger partial charge in [-0.3, -0.25) is 0 Å². The molecule has 1 fully saturated rings. The number of carbonyl (C=O) groups excluding carboxylic acids is 1. The Kier molecular flexibility index (Phi) is 2.99. The molecule has 1 aliphatic rings. The van der Waals surface area contributed by atoms with Crippen molar-refractivity contribution in [2.24, 2.45) is 0 Å². The Morgan fingerprint density at radius 2 is 2.19 bits per heavy atom. The van der Waals surface area contributed by atoms with Gasteiger partial charge in [0.1, 0.15) is 5.75 Å². The van der Waals surface area contributed by atoms with Crippen molar-refractivity contribution in [1.82, 2.24) is 0 Å². The van der Waals surface area contributed by atoms with Crippen LogP contribution in [0.1, 0.15) is 29.6 Å². The van der Waals surface area contributed by atoms with Crippen molar-refractivity contribution in [3.63, 3.8) is 0 Å². The normalized spacial score (nSPS) is 15.3. The number of hydrogen-bond acceptors (Lipinski definition) is 4. The van der Waals surface area contributed by atoms with E-state index in [9.17, 15) is 4.79 Å². The van der Waals surface area contributed by atoms with Gasteiger partial charge in [0.25, 0.3) is 0 Å². The highest BCUT2D eigenvalue weighted by molar-refractivity contribution is 5.95. The van der Waals surface area contributed by atoms with E-state index in [0.29, 0.717) is 17.0 Å². The molecule has 0 heterocycles. The first-order chi connectivity index (χ1) is 7.70. The molecule has 1 aromatic rings. The van der Waals surface area contributed by atoms with Crippen LogP contribution in [0.25, 0.3) is 0 Å². The highest BCUT2D eigenvalue weighted by atomic mass is 16.5. The van der Waals surface area contributed by atoms with Gasteiger partial charge in [-0.25, -0.2) is 4.79 Å². The number of ether oxygens (including phenoxy) is 2. The van der Waals surface area contributed by atoms with Gasteiger partial charge in [-0.05, 0) is 37.5 Å². The minimum absolute atomic E-state index is 0.286. The van der Waals surface area contributed by atoms with E-state index in [1.165, 1.54) is 13.5 Å². The fourth-order valence-corrected chi connectivity index (χ4v) is 1.58. The summed E-state index contributed by atoms with van der Waals surface area (Å²) >= 11 is 0. The number of carbonyl (C=O) groups is 1. The first-order valence-electron chi connectivity index (χ1n) is 5.35. The standard InChI is InChI=1S/C12H15NO3/c1-15-12(14)10-7-9(5-6-11(10)13)16-8-3-2-4-8/h5-8H,2-4,13H2,1H3. The molecule has 86 valence electrons. The van der Waals surface area contributed by atoms with E-state index in [4.69, 9.17) is 10.5 Å². The highest BCUT2D eigenvalue weighted by Gasteiger charge is 2.20.